The Bertz CT molecular complexity index is 1830. The maximum absolute atomic E-state index is 14.3. The van der Waals surface area contributed by atoms with Crippen LogP contribution in [-0.2, 0) is 48.1 Å². The van der Waals surface area contributed by atoms with E-state index in [9.17, 15) is 28.5 Å². The third-order valence-corrected chi connectivity index (χ3v) is 10.2. The zero-order valence-corrected chi connectivity index (χ0v) is 31.5. The molecule has 294 valence electrons. The summed E-state index contributed by atoms with van der Waals surface area (Å²) in [5, 5.41) is 11.1. The summed E-state index contributed by atoms with van der Waals surface area (Å²) >= 11 is 0. The molecule has 55 heavy (non-hydrogen) atoms. The molecular weight excluding hydrogens is 729 g/mol. The van der Waals surface area contributed by atoms with Crippen LogP contribution in [0.4, 0.5) is 4.79 Å². The van der Waals surface area contributed by atoms with Crippen molar-refractivity contribution in [3.8, 4) is 5.75 Å². The minimum Gasteiger partial charge on any atom is -0.445 e. The Morgan fingerprint density at radius 2 is 1.45 bits per heavy atom. The van der Waals surface area contributed by atoms with Crippen LogP contribution in [0.1, 0.15) is 68.6 Å². The number of amides is 5. The van der Waals surface area contributed by atoms with Gasteiger partial charge in [0.25, 0.3) is 0 Å². The predicted octanol–water partition coefficient (Wildman–Crippen LogP) is 3.63. The number of rotatable bonds is 15. The molecule has 5 atom stereocenters. The van der Waals surface area contributed by atoms with E-state index in [1.165, 1.54) is 24.3 Å². The fourth-order valence-corrected chi connectivity index (χ4v) is 7.30. The van der Waals surface area contributed by atoms with E-state index in [0.29, 0.717) is 50.6 Å². The van der Waals surface area contributed by atoms with Crippen LogP contribution in [0.3, 0.4) is 0 Å². The Balaban J connectivity index is 1.27. The van der Waals surface area contributed by atoms with Gasteiger partial charge in [0.05, 0.1) is 0 Å². The van der Waals surface area contributed by atoms with E-state index in [1.807, 2.05) is 36.4 Å². The number of fused-ring (bicyclic) bond motifs is 1. The van der Waals surface area contributed by atoms with E-state index in [2.05, 4.69) is 25.8 Å². The van der Waals surface area contributed by atoms with E-state index in [4.69, 9.17) is 14.5 Å². The highest BCUT2D eigenvalue weighted by molar-refractivity contribution is 7.46. The van der Waals surface area contributed by atoms with Gasteiger partial charge in [0.1, 0.15) is 36.5 Å². The van der Waals surface area contributed by atoms with Gasteiger partial charge in [0.15, 0.2) is 0 Å². The van der Waals surface area contributed by atoms with Crippen LogP contribution in [-0.4, -0.2) is 74.6 Å². The Labute approximate surface area is 319 Å². The molecule has 6 N–H and O–H groups in total. The zero-order chi connectivity index (χ0) is 39.4. The molecule has 2 aliphatic rings. The third kappa shape index (κ3) is 12.1. The average Bonchev–Trinajstić information content (AvgIpc) is 3.59. The first-order chi connectivity index (χ1) is 26.4. The van der Waals surface area contributed by atoms with Gasteiger partial charge in [0.2, 0.25) is 23.6 Å². The van der Waals surface area contributed by atoms with Gasteiger partial charge in [-0.1, -0.05) is 92.6 Å². The van der Waals surface area contributed by atoms with Gasteiger partial charge in [0, 0.05) is 19.0 Å². The molecule has 3 aromatic rings. The molecule has 0 spiro atoms. The van der Waals surface area contributed by atoms with Gasteiger partial charge in [-0.2, -0.15) is 0 Å². The lowest BCUT2D eigenvalue weighted by Crippen LogP contribution is -2.60. The predicted molar refractivity (Wildman–Crippen MR) is 201 cm³/mol. The molecule has 16 heteroatoms. The maximum atomic E-state index is 14.3. The van der Waals surface area contributed by atoms with Crippen molar-refractivity contribution in [2.24, 2.45) is 0 Å². The van der Waals surface area contributed by atoms with Gasteiger partial charge in [-0.25, -0.2) is 9.36 Å². The summed E-state index contributed by atoms with van der Waals surface area (Å²) in [6.07, 6.45) is 2.84. The average molecular weight is 778 g/mol. The summed E-state index contributed by atoms with van der Waals surface area (Å²) in [6, 6.07) is 20.0. The lowest BCUT2D eigenvalue weighted by atomic mass is 9.98. The smallest absolute Gasteiger partial charge is 0.445 e. The lowest BCUT2D eigenvalue weighted by Gasteiger charge is -2.36. The molecule has 0 radical (unpaired) electrons. The number of carbonyl (C=O) groups is 5. The summed E-state index contributed by atoms with van der Waals surface area (Å²) in [6.45, 7) is 2.05. The standard InChI is InChI=1S/C39H48N5O10P/c1-2-31(35(45)40-24-27-11-5-3-6-12-27)41-37(47)34-22-19-29-15-9-10-16-32(38(48)44(29)34)42-36(46)33(43-39(49)53-25-28-13-7-4-8-14-28)23-26-17-20-30(21-18-26)54-55(50,51)52/h3-8,11-14,17-18,20-21,29,31-34H,2,9-10,15-16,19,22-25H2,1H3,(H,40,45)(H,41,47)(H,42,46)(H,43,49)(H2,50,51,52)/t29-,31-,32?,33-,34?/m0/s1. The molecule has 0 aliphatic carbocycles. The SMILES string of the molecule is CC[C@H](NC(=O)C1CC[C@@H]2CCCCC(NC(=O)[C@H](Cc3ccc(OP(=O)(O)O)cc3)NC(=O)OCc3ccccc3)C(=O)N12)C(=O)NCc1ccccc1. The van der Waals surface area contributed by atoms with Gasteiger partial charge in [-0.15, -0.1) is 0 Å². The molecule has 5 amide bonds. The van der Waals surface area contributed by atoms with Gasteiger partial charge in [-0.3, -0.25) is 29.0 Å². The maximum Gasteiger partial charge on any atom is 0.524 e. The number of phosphoric ester groups is 1. The molecule has 2 unspecified atom stereocenters. The van der Waals surface area contributed by atoms with E-state index < -0.39 is 55.8 Å². The van der Waals surface area contributed by atoms with Gasteiger partial charge < -0.3 is 35.4 Å². The first kappa shape index (κ1) is 40.9. The normalized spacial score (nSPS) is 19.4. The van der Waals surface area contributed by atoms with Crippen molar-refractivity contribution in [2.75, 3.05) is 0 Å². The number of alkyl carbamates (subject to hydrolysis) is 1. The summed E-state index contributed by atoms with van der Waals surface area (Å²) in [4.78, 5) is 87.8. The highest BCUT2D eigenvalue weighted by Crippen LogP contribution is 2.37. The fourth-order valence-electron chi connectivity index (χ4n) is 6.90. The van der Waals surface area contributed by atoms with Crippen LogP contribution in [0.2, 0.25) is 0 Å². The molecule has 0 aromatic heterocycles. The first-order valence-corrected chi connectivity index (χ1v) is 20.0. The highest BCUT2D eigenvalue weighted by Gasteiger charge is 2.44. The second kappa shape index (κ2) is 19.4. The zero-order valence-electron chi connectivity index (χ0n) is 30.6. The highest BCUT2D eigenvalue weighted by atomic mass is 31.2. The fraction of sp³-hybridized carbons (Fsp3) is 0.410. The number of ether oxygens (including phenoxy) is 1. The van der Waals surface area contributed by atoms with E-state index in [0.717, 1.165) is 17.5 Å². The van der Waals surface area contributed by atoms with Crippen LogP contribution in [0, 0.1) is 0 Å². The largest absolute Gasteiger partial charge is 0.524 e. The molecule has 2 saturated heterocycles. The molecule has 3 aromatic carbocycles. The van der Waals surface area contributed by atoms with Crippen molar-refractivity contribution in [3.05, 3.63) is 102 Å². The molecule has 15 nitrogen and oxygen atoms in total. The first-order valence-electron chi connectivity index (χ1n) is 18.5. The van der Waals surface area contributed by atoms with Crippen molar-refractivity contribution in [1.29, 1.82) is 0 Å². The second-order valence-electron chi connectivity index (χ2n) is 13.7. The quantitative estimate of drug-likeness (QED) is 0.123. The summed E-state index contributed by atoms with van der Waals surface area (Å²) in [5.41, 5.74) is 2.17. The Morgan fingerprint density at radius 1 is 0.800 bits per heavy atom. The Hall–Kier alpha value is -5.24. The molecule has 0 bridgehead atoms. The van der Waals surface area contributed by atoms with Gasteiger partial charge >= 0.3 is 13.9 Å². The van der Waals surface area contributed by atoms with Crippen LogP contribution in [0.25, 0.3) is 0 Å². The van der Waals surface area contributed by atoms with Crippen LogP contribution >= 0.6 is 7.82 Å². The number of carbonyl (C=O) groups excluding carboxylic acids is 5. The minimum absolute atomic E-state index is 0.0517. The van der Waals surface area contributed by atoms with Crippen LogP contribution in [0.5, 0.6) is 5.75 Å². The van der Waals surface area contributed by atoms with Crippen molar-refractivity contribution in [3.63, 3.8) is 0 Å². The second-order valence-corrected chi connectivity index (χ2v) is 14.9. The van der Waals surface area contributed by atoms with Crippen molar-refractivity contribution in [2.45, 2.75) is 102 Å². The number of nitrogens with one attached hydrogen (secondary N) is 4. The molecule has 0 saturated carbocycles. The lowest BCUT2D eigenvalue weighted by molar-refractivity contribution is -0.145. The van der Waals surface area contributed by atoms with E-state index >= 15 is 0 Å². The number of benzene rings is 3. The van der Waals surface area contributed by atoms with Crippen LogP contribution < -0.4 is 25.8 Å². The molecule has 2 aliphatic heterocycles. The number of hydrogen-bond acceptors (Lipinski definition) is 8. The molecule has 2 heterocycles. The summed E-state index contributed by atoms with van der Waals surface area (Å²) < 4.78 is 21.3. The molecule has 5 rings (SSSR count). The summed E-state index contributed by atoms with van der Waals surface area (Å²) in [7, 11) is -4.79. The summed E-state index contributed by atoms with van der Waals surface area (Å²) in [5.74, 6) is -1.94. The Kier molecular flexibility index (Phi) is 14.4. The minimum atomic E-state index is -4.79. The third-order valence-electron chi connectivity index (χ3n) is 9.71. The number of nitrogens with zero attached hydrogens (tertiary/aromatic N) is 1. The topological polar surface area (TPSA) is 213 Å². The van der Waals surface area contributed by atoms with Crippen molar-refractivity contribution in [1.82, 2.24) is 26.2 Å². The van der Waals surface area contributed by atoms with Crippen LogP contribution in [0.15, 0.2) is 84.9 Å². The molecular formula is C39H48N5O10P. The monoisotopic (exact) mass is 777 g/mol. The number of hydrogen-bond donors (Lipinski definition) is 6. The molecule has 2 fully saturated rings. The number of phosphoric acid groups is 1. The van der Waals surface area contributed by atoms with E-state index in [1.54, 1.807) is 36.1 Å². The van der Waals surface area contributed by atoms with E-state index in [-0.39, 0.29) is 30.7 Å². The van der Waals surface area contributed by atoms with Crippen molar-refractivity contribution >= 4 is 37.5 Å². The Morgan fingerprint density at radius 3 is 2.11 bits per heavy atom. The van der Waals surface area contributed by atoms with Crippen molar-refractivity contribution < 1.29 is 47.6 Å². The van der Waals surface area contributed by atoms with Gasteiger partial charge in [-0.05, 0) is 60.9 Å².